The average molecular weight is 265 g/mol. The highest BCUT2D eigenvalue weighted by Crippen LogP contribution is 2.24. The molecule has 17 heavy (non-hydrogen) atoms. The fourth-order valence-electron chi connectivity index (χ4n) is 2.09. The Hall–Kier alpha value is -0.660. The van der Waals surface area contributed by atoms with Gasteiger partial charge in [-0.2, -0.15) is 4.72 Å². The van der Waals surface area contributed by atoms with Gasteiger partial charge in [0, 0.05) is 0 Å². The van der Waals surface area contributed by atoms with E-state index in [1.54, 1.807) is 0 Å². The monoisotopic (exact) mass is 265 g/mol. The number of aliphatic hydroxyl groups is 1. The van der Waals surface area contributed by atoms with Crippen molar-refractivity contribution in [3.63, 3.8) is 0 Å². The summed E-state index contributed by atoms with van der Waals surface area (Å²) < 4.78 is 25.4. The van der Waals surface area contributed by atoms with E-state index in [0.717, 1.165) is 32.1 Å². The van der Waals surface area contributed by atoms with E-state index < -0.39 is 28.6 Å². The maximum atomic E-state index is 11.7. The van der Waals surface area contributed by atoms with Gasteiger partial charge in [-0.15, -0.1) is 0 Å². The lowest BCUT2D eigenvalue weighted by atomic mass is 9.91. The van der Waals surface area contributed by atoms with Crippen LogP contribution in [0.5, 0.6) is 0 Å². The fourth-order valence-corrected chi connectivity index (χ4v) is 3.75. The Morgan fingerprint density at radius 2 is 1.88 bits per heavy atom. The third kappa shape index (κ3) is 5.01. The quantitative estimate of drug-likeness (QED) is 0.624. The minimum atomic E-state index is -3.63. The van der Waals surface area contributed by atoms with Crippen LogP contribution in [-0.4, -0.2) is 43.0 Å². The lowest BCUT2D eigenvalue weighted by molar-refractivity contribution is -0.139. The molecule has 0 aromatic heterocycles. The first-order valence-corrected chi connectivity index (χ1v) is 7.43. The van der Waals surface area contributed by atoms with Crippen LogP contribution < -0.4 is 4.72 Å². The van der Waals surface area contributed by atoms with Gasteiger partial charge in [0.1, 0.15) is 6.04 Å². The van der Waals surface area contributed by atoms with Crippen LogP contribution in [0.15, 0.2) is 0 Å². The fraction of sp³-hybridized carbons (Fsp3) is 0.900. The number of carbonyl (C=O) groups is 1. The molecule has 0 aromatic carbocycles. The molecule has 1 aliphatic carbocycles. The van der Waals surface area contributed by atoms with Gasteiger partial charge in [0.15, 0.2) is 0 Å². The van der Waals surface area contributed by atoms with Crippen LogP contribution in [0.4, 0.5) is 0 Å². The first-order valence-electron chi connectivity index (χ1n) is 5.78. The van der Waals surface area contributed by atoms with Gasteiger partial charge in [0.25, 0.3) is 0 Å². The van der Waals surface area contributed by atoms with Crippen molar-refractivity contribution in [1.82, 2.24) is 4.72 Å². The molecule has 0 saturated heterocycles. The molecule has 1 saturated carbocycles. The summed E-state index contributed by atoms with van der Waals surface area (Å²) in [5.74, 6) is -1.30. The summed E-state index contributed by atoms with van der Waals surface area (Å²) in [5.41, 5.74) is 0. The topological polar surface area (TPSA) is 104 Å². The molecule has 100 valence electrons. The zero-order valence-electron chi connectivity index (χ0n) is 9.63. The van der Waals surface area contributed by atoms with E-state index >= 15 is 0 Å². The smallest absolute Gasteiger partial charge is 0.324 e. The molecule has 0 amide bonds. The maximum Gasteiger partial charge on any atom is 0.324 e. The number of rotatable bonds is 6. The second-order valence-corrected chi connectivity index (χ2v) is 6.28. The van der Waals surface area contributed by atoms with Crippen molar-refractivity contribution in [1.29, 1.82) is 0 Å². The van der Waals surface area contributed by atoms with Gasteiger partial charge in [0.05, 0.1) is 12.4 Å². The Kier molecular flexibility index (Phi) is 5.35. The van der Waals surface area contributed by atoms with E-state index in [0.29, 0.717) is 0 Å². The second kappa shape index (κ2) is 6.32. The molecule has 1 fully saturated rings. The molecule has 6 nitrogen and oxygen atoms in total. The summed E-state index contributed by atoms with van der Waals surface area (Å²) >= 11 is 0. The van der Waals surface area contributed by atoms with E-state index in [-0.39, 0.29) is 11.7 Å². The summed E-state index contributed by atoms with van der Waals surface area (Å²) in [5, 5.41) is 17.4. The molecule has 0 bridgehead atoms. The number of hydrogen-bond donors (Lipinski definition) is 3. The van der Waals surface area contributed by atoms with Crippen LogP contribution in [0.2, 0.25) is 0 Å². The zero-order valence-corrected chi connectivity index (χ0v) is 10.4. The van der Waals surface area contributed by atoms with Crippen molar-refractivity contribution in [2.75, 3.05) is 12.4 Å². The van der Waals surface area contributed by atoms with Crippen LogP contribution >= 0.6 is 0 Å². The van der Waals surface area contributed by atoms with Crippen LogP contribution in [0.3, 0.4) is 0 Å². The van der Waals surface area contributed by atoms with Gasteiger partial charge >= 0.3 is 5.97 Å². The average Bonchev–Trinajstić information content (AvgIpc) is 2.26. The van der Waals surface area contributed by atoms with E-state index in [9.17, 15) is 13.2 Å². The van der Waals surface area contributed by atoms with Crippen molar-refractivity contribution in [3.05, 3.63) is 0 Å². The number of aliphatic carboxylic acids is 1. The minimum Gasteiger partial charge on any atom is -0.480 e. The van der Waals surface area contributed by atoms with Crippen LogP contribution in [0.1, 0.15) is 32.1 Å². The molecule has 0 aliphatic heterocycles. The largest absolute Gasteiger partial charge is 0.480 e. The number of carboxylic acids is 1. The third-order valence-electron chi connectivity index (χ3n) is 2.98. The van der Waals surface area contributed by atoms with Gasteiger partial charge in [-0.3, -0.25) is 4.79 Å². The predicted octanol–water partition coefficient (Wildman–Crippen LogP) is -0.0684. The standard InChI is InChI=1S/C10H19NO5S/c12-6-9(10(13)14)11-17(15,16)7-8-4-2-1-3-5-8/h8-9,11-12H,1-7H2,(H,13,14). The molecule has 1 rings (SSSR count). The molecular formula is C10H19NO5S. The maximum absolute atomic E-state index is 11.7. The Balaban J connectivity index is 2.52. The van der Waals surface area contributed by atoms with Crippen molar-refractivity contribution >= 4 is 16.0 Å². The lowest BCUT2D eigenvalue weighted by Gasteiger charge is -2.22. The van der Waals surface area contributed by atoms with Crippen molar-refractivity contribution in [3.8, 4) is 0 Å². The van der Waals surface area contributed by atoms with E-state index in [4.69, 9.17) is 10.2 Å². The highest BCUT2D eigenvalue weighted by Gasteiger charge is 2.26. The highest BCUT2D eigenvalue weighted by molar-refractivity contribution is 7.89. The first-order chi connectivity index (χ1) is 7.94. The Morgan fingerprint density at radius 1 is 1.29 bits per heavy atom. The lowest BCUT2D eigenvalue weighted by Crippen LogP contribution is -2.45. The van der Waals surface area contributed by atoms with E-state index in [1.807, 2.05) is 4.72 Å². The predicted molar refractivity (Wildman–Crippen MR) is 62.0 cm³/mol. The Bertz CT molecular complexity index is 348. The Labute approximate surface area is 101 Å². The SMILES string of the molecule is O=C(O)C(CO)NS(=O)(=O)CC1CCCCC1. The number of carboxylic acid groups (broad SMARTS) is 1. The molecule has 0 radical (unpaired) electrons. The third-order valence-corrected chi connectivity index (χ3v) is 4.54. The van der Waals surface area contributed by atoms with E-state index in [2.05, 4.69) is 0 Å². The molecule has 3 N–H and O–H groups in total. The molecule has 0 spiro atoms. The molecule has 7 heteroatoms. The summed E-state index contributed by atoms with van der Waals surface area (Å²) in [7, 11) is -3.63. The van der Waals surface area contributed by atoms with Gasteiger partial charge < -0.3 is 10.2 Å². The highest BCUT2D eigenvalue weighted by atomic mass is 32.2. The number of nitrogens with one attached hydrogen (secondary N) is 1. The van der Waals surface area contributed by atoms with Gasteiger partial charge in [-0.25, -0.2) is 8.42 Å². The van der Waals surface area contributed by atoms with Crippen LogP contribution in [0, 0.1) is 5.92 Å². The van der Waals surface area contributed by atoms with Crippen LogP contribution in [-0.2, 0) is 14.8 Å². The first kappa shape index (κ1) is 14.4. The van der Waals surface area contributed by atoms with Crippen LogP contribution in [0.25, 0.3) is 0 Å². The summed E-state index contributed by atoms with van der Waals surface area (Å²) in [6, 6.07) is -1.44. The summed E-state index contributed by atoms with van der Waals surface area (Å²) in [4.78, 5) is 10.6. The van der Waals surface area contributed by atoms with Crippen molar-refractivity contribution in [2.45, 2.75) is 38.1 Å². The minimum absolute atomic E-state index is 0.0449. The van der Waals surface area contributed by atoms with Gasteiger partial charge in [0.2, 0.25) is 10.0 Å². The molecular weight excluding hydrogens is 246 g/mol. The molecule has 1 unspecified atom stereocenters. The second-order valence-electron chi connectivity index (χ2n) is 4.48. The molecule has 0 aromatic rings. The normalized spacial score (nSPS) is 20.1. The summed E-state index contributed by atoms with van der Waals surface area (Å²) in [6.45, 7) is -0.737. The molecule has 1 atom stereocenters. The Morgan fingerprint density at radius 3 is 2.35 bits per heavy atom. The van der Waals surface area contributed by atoms with Crippen molar-refractivity contribution in [2.24, 2.45) is 5.92 Å². The van der Waals surface area contributed by atoms with Crippen molar-refractivity contribution < 1.29 is 23.4 Å². The summed E-state index contributed by atoms with van der Waals surface area (Å²) in [6.07, 6.45) is 4.94. The van der Waals surface area contributed by atoms with Gasteiger partial charge in [-0.1, -0.05) is 19.3 Å². The number of sulfonamides is 1. The zero-order chi connectivity index (χ0) is 12.9. The van der Waals surface area contributed by atoms with E-state index in [1.165, 1.54) is 0 Å². The van der Waals surface area contributed by atoms with Gasteiger partial charge in [-0.05, 0) is 18.8 Å². The number of aliphatic hydroxyl groups excluding tert-OH is 1. The molecule has 0 heterocycles. The number of hydrogen-bond acceptors (Lipinski definition) is 4. The molecule has 1 aliphatic rings.